The Bertz CT molecular complexity index is 340. The van der Waals surface area contributed by atoms with E-state index in [9.17, 15) is 4.79 Å². The Morgan fingerprint density at radius 2 is 1.76 bits per heavy atom. The van der Waals surface area contributed by atoms with Gasteiger partial charge in [0, 0.05) is 18.0 Å². The van der Waals surface area contributed by atoms with Gasteiger partial charge < -0.3 is 11.1 Å². The Hall–Kier alpha value is -0.570. The molecule has 0 aromatic carbocycles. The molecule has 0 aromatic heterocycles. The highest BCUT2D eigenvalue weighted by atomic mass is 16.2. The molecule has 3 N–H and O–H groups in total. The standard InChI is InChI=1S/C14H22N2O/c15-9-2-1-3-10(9)16-14(17)13-11-7-4-5-8(6-7)12(11)13/h7-13H,1-6,15H2,(H,16,17). The van der Waals surface area contributed by atoms with Gasteiger partial charge >= 0.3 is 0 Å². The number of carbonyl (C=O) groups excluding carboxylic acids is 1. The van der Waals surface area contributed by atoms with Crippen LogP contribution in [0.3, 0.4) is 0 Å². The lowest BCUT2D eigenvalue weighted by molar-refractivity contribution is -0.124. The largest absolute Gasteiger partial charge is 0.352 e. The van der Waals surface area contributed by atoms with E-state index in [1.54, 1.807) is 0 Å². The van der Waals surface area contributed by atoms with Gasteiger partial charge in [0.05, 0.1) is 0 Å². The smallest absolute Gasteiger partial charge is 0.223 e. The Balaban J connectivity index is 1.39. The minimum atomic E-state index is 0.203. The van der Waals surface area contributed by atoms with E-state index in [0.717, 1.165) is 36.5 Å². The Morgan fingerprint density at radius 1 is 1.06 bits per heavy atom. The van der Waals surface area contributed by atoms with Gasteiger partial charge in [-0.1, -0.05) is 0 Å². The molecule has 3 heteroatoms. The summed E-state index contributed by atoms with van der Waals surface area (Å²) in [6, 6.07) is 0.468. The third kappa shape index (κ3) is 1.41. The molecule has 4 rings (SSSR count). The van der Waals surface area contributed by atoms with Gasteiger partial charge in [0.25, 0.3) is 0 Å². The van der Waals surface area contributed by atoms with Gasteiger partial charge in [-0.25, -0.2) is 0 Å². The number of hydrogen-bond acceptors (Lipinski definition) is 2. The van der Waals surface area contributed by atoms with Crippen molar-refractivity contribution in [3.8, 4) is 0 Å². The highest BCUT2D eigenvalue weighted by Gasteiger charge is 2.67. The van der Waals surface area contributed by atoms with Crippen molar-refractivity contribution in [1.82, 2.24) is 5.32 Å². The van der Waals surface area contributed by atoms with Gasteiger partial charge in [0.2, 0.25) is 5.91 Å². The summed E-state index contributed by atoms with van der Waals surface area (Å²) in [6.45, 7) is 0. The first-order valence-electron chi connectivity index (χ1n) is 7.31. The lowest BCUT2D eigenvalue weighted by Crippen LogP contribution is -2.45. The van der Waals surface area contributed by atoms with Gasteiger partial charge in [0.15, 0.2) is 0 Å². The van der Waals surface area contributed by atoms with Crippen LogP contribution in [0.2, 0.25) is 0 Å². The maximum Gasteiger partial charge on any atom is 0.223 e. The summed E-state index contributed by atoms with van der Waals surface area (Å²) in [7, 11) is 0. The van der Waals surface area contributed by atoms with E-state index in [1.165, 1.54) is 25.7 Å². The molecule has 4 aliphatic carbocycles. The summed E-state index contributed by atoms with van der Waals surface area (Å²) in [5.74, 6) is 3.99. The van der Waals surface area contributed by atoms with Crippen LogP contribution in [0, 0.1) is 29.6 Å². The Kier molecular flexibility index (Phi) is 2.11. The van der Waals surface area contributed by atoms with Crippen molar-refractivity contribution in [3.63, 3.8) is 0 Å². The molecule has 4 saturated carbocycles. The van der Waals surface area contributed by atoms with Crippen LogP contribution in [0.5, 0.6) is 0 Å². The van der Waals surface area contributed by atoms with Crippen LogP contribution in [0.4, 0.5) is 0 Å². The summed E-state index contributed by atoms with van der Waals surface area (Å²) in [5, 5.41) is 3.22. The molecule has 6 atom stereocenters. The molecule has 0 spiro atoms. The zero-order valence-electron chi connectivity index (χ0n) is 10.3. The maximum atomic E-state index is 12.3. The number of nitrogens with one attached hydrogen (secondary N) is 1. The molecule has 2 bridgehead atoms. The molecule has 1 amide bonds. The van der Waals surface area contributed by atoms with E-state index in [-0.39, 0.29) is 12.1 Å². The summed E-state index contributed by atoms with van der Waals surface area (Å²) >= 11 is 0. The predicted octanol–water partition coefficient (Wildman–Crippen LogP) is 1.27. The van der Waals surface area contributed by atoms with Crippen LogP contribution < -0.4 is 11.1 Å². The van der Waals surface area contributed by atoms with Crippen molar-refractivity contribution in [1.29, 1.82) is 0 Å². The molecule has 94 valence electrons. The van der Waals surface area contributed by atoms with Crippen molar-refractivity contribution < 1.29 is 4.79 Å². The number of amides is 1. The molecule has 6 unspecified atom stereocenters. The van der Waals surface area contributed by atoms with Crippen LogP contribution >= 0.6 is 0 Å². The summed E-state index contributed by atoms with van der Waals surface area (Å²) in [4.78, 5) is 12.3. The van der Waals surface area contributed by atoms with E-state index < -0.39 is 0 Å². The van der Waals surface area contributed by atoms with E-state index in [0.29, 0.717) is 11.8 Å². The zero-order valence-corrected chi connectivity index (χ0v) is 10.3. The first-order valence-corrected chi connectivity index (χ1v) is 7.31. The highest BCUT2D eigenvalue weighted by molar-refractivity contribution is 5.83. The molecule has 17 heavy (non-hydrogen) atoms. The molecular formula is C14H22N2O. The van der Waals surface area contributed by atoms with Crippen molar-refractivity contribution in [2.45, 2.75) is 50.6 Å². The van der Waals surface area contributed by atoms with Crippen molar-refractivity contribution >= 4 is 5.91 Å². The van der Waals surface area contributed by atoms with Crippen molar-refractivity contribution in [2.75, 3.05) is 0 Å². The summed E-state index contributed by atoms with van der Waals surface area (Å²) in [6.07, 6.45) is 7.53. The fourth-order valence-corrected chi connectivity index (χ4v) is 5.12. The molecule has 0 heterocycles. The SMILES string of the molecule is NC1CCCC1NC(=O)C1C2C3CCC(C3)C12. The summed E-state index contributed by atoms with van der Waals surface area (Å²) < 4.78 is 0. The lowest BCUT2D eigenvalue weighted by atomic mass is 10.0. The molecule has 4 fully saturated rings. The van der Waals surface area contributed by atoms with Crippen LogP contribution in [-0.4, -0.2) is 18.0 Å². The average Bonchev–Trinajstić information content (AvgIpc) is 2.64. The van der Waals surface area contributed by atoms with Gasteiger partial charge in [0.1, 0.15) is 0 Å². The second kappa shape index (κ2) is 3.47. The maximum absolute atomic E-state index is 12.3. The lowest BCUT2D eigenvalue weighted by Gasteiger charge is -2.18. The van der Waals surface area contributed by atoms with E-state index in [2.05, 4.69) is 5.32 Å². The average molecular weight is 234 g/mol. The second-order valence-electron chi connectivity index (χ2n) is 6.72. The fourth-order valence-electron chi connectivity index (χ4n) is 5.12. The van der Waals surface area contributed by atoms with Gasteiger partial charge in [-0.3, -0.25) is 4.79 Å². The highest BCUT2D eigenvalue weighted by Crippen LogP contribution is 2.69. The van der Waals surface area contributed by atoms with Gasteiger partial charge in [-0.05, 0) is 62.2 Å². The molecule has 0 radical (unpaired) electrons. The van der Waals surface area contributed by atoms with Gasteiger partial charge in [-0.2, -0.15) is 0 Å². The fraction of sp³-hybridized carbons (Fsp3) is 0.929. The predicted molar refractivity (Wildman–Crippen MR) is 65.1 cm³/mol. The topological polar surface area (TPSA) is 55.1 Å². The third-order valence-corrected chi connectivity index (χ3v) is 5.94. The third-order valence-electron chi connectivity index (χ3n) is 5.94. The molecule has 3 nitrogen and oxygen atoms in total. The Morgan fingerprint density at radius 3 is 2.35 bits per heavy atom. The minimum Gasteiger partial charge on any atom is -0.352 e. The number of hydrogen-bond donors (Lipinski definition) is 2. The monoisotopic (exact) mass is 234 g/mol. The van der Waals surface area contributed by atoms with Crippen LogP contribution in [0.15, 0.2) is 0 Å². The number of nitrogens with two attached hydrogens (primary N) is 1. The molecule has 4 aliphatic rings. The summed E-state index contributed by atoms with van der Waals surface area (Å²) in [5.41, 5.74) is 6.02. The minimum absolute atomic E-state index is 0.203. The normalized spacial score (nSPS) is 54.8. The van der Waals surface area contributed by atoms with Crippen LogP contribution in [0.1, 0.15) is 38.5 Å². The van der Waals surface area contributed by atoms with E-state index in [1.807, 2.05) is 0 Å². The van der Waals surface area contributed by atoms with Crippen molar-refractivity contribution in [3.05, 3.63) is 0 Å². The number of rotatable bonds is 2. The second-order valence-corrected chi connectivity index (χ2v) is 6.72. The first-order chi connectivity index (χ1) is 8.25. The van der Waals surface area contributed by atoms with Crippen LogP contribution in [0.25, 0.3) is 0 Å². The zero-order chi connectivity index (χ0) is 11.6. The van der Waals surface area contributed by atoms with Crippen molar-refractivity contribution in [2.24, 2.45) is 35.3 Å². The molecule has 0 saturated heterocycles. The quantitative estimate of drug-likeness (QED) is 0.756. The van der Waals surface area contributed by atoms with E-state index in [4.69, 9.17) is 5.73 Å². The first kappa shape index (κ1) is 10.4. The molecule has 0 aromatic rings. The van der Waals surface area contributed by atoms with Crippen LogP contribution in [-0.2, 0) is 4.79 Å². The van der Waals surface area contributed by atoms with Gasteiger partial charge in [-0.15, -0.1) is 0 Å². The number of carbonyl (C=O) groups is 1. The molecule has 0 aliphatic heterocycles. The van der Waals surface area contributed by atoms with E-state index >= 15 is 0 Å². The Labute approximate surface area is 103 Å². The number of fused-ring (bicyclic) bond motifs is 5. The molecular weight excluding hydrogens is 212 g/mol.